The lowest BCUT2D eigenvalue weighted by Crippen LogP contribution is -2.03. The van der Waals surface area contributed by atoms with Gasteiger partial charge < -0.3 is 4.57 Å². The molecule has 0 N–H and O–H groups in total. The van der Waals surface area contributed by atoms with Gasteiger partial charge in [-0.05, 0) is 70.8 Å². The maximum absolute atomic E-state index is 5.33. The van der Waals surface area contributed by atoms with Crippen LogP contribution in [0.1, 0.15) is 0 Å². The molecule has 0 aliphatic carbocycles. The first-order valence-corrected chi connectivity index (χ1v) is 18.3. The molecule has 54 heavy (non-hydrogen) atoms. The minimum atomic E-state index is 0.657. The van der Waals surface area contributed by atoms with E-state index >= 15 is 0 Å². The van der Waals surface area contributed by atoms with Crippen LogP contribution in [0.3, 0.4) is 0 Å². The van der Waals surface area contributed by atoms with E-state index in [4.69, 9.17) is 9.97 Å². The van der Waals surface area contributed by atoms with E-state index < -0.39 is 0 Å². The summed E-state index contributed by atoms with van der Waals surface area (Å²) in [6, 6.07) is 69.1. The quantitative estimate of drug-likeness (QED) is 0.180. The van der Waals surface area contributed by atoms with E-state index in [1.807, 2.05) is 12.1 Å². The Kier molecular flexibility index (Phi) is 6.82. The van der Waals surface area contributed by atoms with Crippen LogP contribution in [0.15, 0.2) is 194 Å². The van der Waals surface area contributed by atoms with E-state index in [1.165, 1.54) is 43.8 Å². The van der Waals surface area contributed by atoms with Gasteiger partial charge in [-0.25, -0.2) is 9.97 Å². The Labute approximate surface area is 311 Å². The predicted molar refractivity (Wildman–Crippen MR) is 225 cm³/mol. The monoisotopic (exact) mass is 688 g/mol. The van der Waals surface area contributed by atoms with E-state index in [2.05, 4.69) is 191 Å². The van der Waals surface area contributed by atoms with Crippen molar-refractivity contribution >= 4 is 54.5 Å². The van der Waals surface area contributed by atoms with E-state index in [-0.39, 0.29) is 0 Å². The van der Waals surface area contributed by atoms with Gasteiger partial charge in [0.1, 0.15) is 0 Å². The standard InChI is InChI=1S/C50H32N4/c1-4-16-33(17-5-1)36-30-37(34-18-6-2-7-19-34)32-38(31-36)53-43-26-14-11-23-40(43)47-45(53)28-29-46-48(47)41-24-12-15-27-44(41)54(46)50-51-42-25-13-10-22-39(42)49(52-50)35-20-8-3-9-21-35/h1-32H. The van der Waals surface area contributed by atoms with E-state index in [1.54, 1.807) is 0 Å². The number of hydrogen-bond donors (Lipinski definition) is 0. The van der Waals surface area contributed by atoms with Gasteiger partial charge in [-0.2, -0.15) is 0 Å². The summed E-state index contributed by atoms with van der Waals surface area (Å²) in [7, 11) is 0. The summed E-state index contributed by atoms with van der Waals surface area (Å²) >= 11 is 0. The summed E-state index contributed by atoms with van der Waals surface area (Å²) in [5, 5.41) is 5.82. The van der Waals surface area contributed by atoms with Crippen molar-refractivity contribution in [3.63, 3.8) is 0 Å². The van der Waals surface area contributed by atoms with Crippen molar-refractivity contribution in [1.29, 1.82) is 0 Å². The zero-order valence-electron chi connectivity index (χ0n) is 29.3. The van der Waals surface area contributed by atoms with Crippen molar-refractivity contribution in [2.45, 2.75) is 0 Å². The van der Waals surface area contributed by atoms with Crippen molar-refractivity contribution < 1.29 is 0 Å². The molecule has 0 saturated carbocycles. The highest BCUT2D eigenvalue weighted by molar-refractivity contribution is 6.28. The van der Waals surface area contributed by atoms with Crippen molar-refractivity contribution in [3.05, 3.63) is 194 Å². The first kappa shape index (κ1) is 30.3. The Hall–Kier alpha value is -7.30. The third-order valence-corrected chi connectivity index (χ3v) is 10.7. The summed E-state index contributed by atoms with van der Waals surface area (Å²) in [5.74, 6) is 0.657. The van der Waals surface area contributed by atoms with Crippen LogP contribution in [0, 0.1) is 0 Å². The lowest BCUT2D eigenvalue weighted by molar-refractivity contribution is 1.01. The average Bonchev–Trinajstić information content (AvgIpc) is 3.77. The predicted octanol–water partition coefficient (Wildman–Crippen LogP) is 12.8. The summed E-state index contributed by atoms with van der Waals surface area (Å²) < 4.78 is 4.69. The van der Waals surface area contributed by atoms with Crippen LogP contribution in [0.5, 0.6) is 0 Å². The fraction of sp³-hybridized carbons (Fsp3) is 0. The minimum Gasteiger partial charge on any atom is -0.309 e. The van der Waals surface area contributed by atoms with Gasteiger partial charge in [0, 0.05) is 38.2 Å². The summed E-state index contributed by atoms with van der Waals surface area (Å²) in [4.78, 5) is 10.6. The van der Waals surface area contributed by atoms with Crippen LogP contribution in [0.2, 0.25) is 0 Å². The van der Waals surface area contributed by atoms with Crippen molar-refractivity contribution in [3.8, 4) is 45.1 Å². The molecule has 0 radical (unpaired) electrons. The molecule has 11 rings (SSSR count). The molecule has 8 aromatic carbocycles. The second-order valence-electron chi connectivity index (χ2n) is 13.8. The van der Waals surface area contributed by atoms with Crippen molar-refractivity contribution in [1.82, 2.24) is 19.1 Å². The SMILES string of the molecule is c1ccc(-c2cc(-c3ccccc3)cc(-n3c4ccccc4c4c5c6ccccc6n(-c6nc(-c7ccccc7)c7ccccc7n6)c5ccc43)c2)cc1. The van der Waals surface area contributed by atoms with Crippen LogP contribution in [-0.2, 0) is 0 Å². The third-order valence-electron chi connectivity index (χ3n) is 10.7. The molecule has 0 aliphatic rings. The number of aromatic nitrogens is 4. The smallest absolute Gasteiger partial charge is 0.235 e. The molecule has 3 heterocycles. The fourth-order valence-corrected chi connectivity index (χ4v) is 8.33. The first-order chi connectivity index (χ1) is 26.8. The second-order valence-corrected chi connectivity index (χ2v) is 13.8. The molecule has 0 unspecified atom stereocenters. The van der Waals surface area contributed by atoms with E-state index in [0.29, 0.717) is 5.95 Å². The largest absolute Gasteiger partial charge is 0.309 e. The van der Waals surface area contributed by atoms with Gasteiger partial charge in [0.05, 0.1) is 33.3 Å². The highest BCUT2D eigenvalue weighted by atomic mass is 15.2. The molecule has 252 valence electrons. The number of rotatable bonds is 5. The molecule has 0 saturated heterocycles. The van der Waals surface area contributed by atoms with Crippen LogP contribution >= 0.6 is 0 Å². The van der Waals surface area contributed by atoms with Crippen LogP contribution in [-0.4, -0.2) is 19.1 Å². The minimum absolute atomic E-state index is 0.657. The molecule has 0 fully saturated rings. The Morgan fingerprint density at radius 1 is 0.315 bits per heavy atom. The van der Waals surface area contributed by atoms with Crippen LogP contribution < -0.4 is 0 Å². The topological polar surface area (TPSA) is 35.6 Å². The first-order valence-electron chi connectivity index (χ1n) is 18.3. The number of fused-ring (bicyclic) bond motifs is 8. The maximum atomic E-state index is 5.33. The highest BCUT2D eigenvalue weighted by Crippen LogP contribution is 2.43. The summed E-state index contributed by atoms with van der Waals surface area (Å²) in [6.07, 6.45) is 0. The van der Waals surface area contributed by atoms with Gasteiger partial charge >= 0.3 is 0 Å². The Morgan fingerprint density at radius 3 is 1.37 bits per heavy atom. The van der Waals surface area contributed by atoms with Crippen molar-refractivity contribution in [2.75, 3.05) is 0 Å². The third kappa shape index (κ3) is 4.70. The Balaban J connectivity index is 1.23. The zero-order chi connectivity index (χ0) is 35.6. The molecular weight excluding hydrogens is 657 g/mol. The number of para-hydroxylation sites is 3. The molecule has 3 aromatic heterocycles. The lowest BCUT2D eigenvalue weighted by atomic mass is 9.98. The molecule has 4 nitrogen and oxygen atoms in total. The Morgan fingerprint density at radius 2 is 0.778 bits per heavy atom. The van der Waals surface area contributed by atoms with E-state index in [9.17, 15) is 0 Å². The van der Waals surface area contributed by atoms with Gasteiger partial charge in [-0.3, -0.25) is 4.57 Å². The van der Waals surface area contributed by atoms with Crippen molar-refractivity contribution in [2.24, 2.45) is 0 Å². The Bertz CT molecular complexity index is 3140. The maximum Gasteiger partial charge on any atom is 0.235 e. The van der Waals surface area contributed by atoms with Crippen LogP contribution in [0.4, 0.5) is 0 Å². The number of benzene rings is 8. The highest BCUT2D eigenvalue weighted by Gasteiger charge is 2.22. The van der Waals surface area contributed by atoms with Crippen LogP contribution in [0.25, 0.3) is 99.7 Å². The molecule has 0 atom stereocenters. The molecule has 0 bridgehead atoms. The molecule has 0 spiro atoms. The lowest BCUT2D eigenvalue weighted by Gasteiger charge is -2.14. The van der Waals surface area contributed by atoms with Gasteiger partial charge in [0.25, 0.3) is 0 Å². The van der Waals surface area contributed by atoms with Gasteiger partial charge in [-0.15, -0.1) is 0 Å². The summed E-state index contributed by atoms with van der Waals surface area (Å²) in [6.45, 7) is 0. The summed E-state index contributed by atoms with van der Waals surface area (Å²) in [5.41, 5.74) is 13.2. The normalized spacial score (nSPS) is 11.7. The molecular formula is C50H32N4. The van der Waals surface area contributed by atoms with Gasteiger partial charge in [-0.1, -0.05) is 146 Å². The molecule has 0 aliphatic heterocycles. The van der Waals surface area contributed by atoms with Gasteiger partial charge in [0.2, 0.25) is 5.95 Å². The second kappa shape index (κ2) is 12.1. The molecule has 0 amide bonds. The number of nitrogens with zero attached hydrogens (tertiary/aromatic N) is 4. The average molecular weight is 689 g/mol. The molecule has 11 aromatic rings. The van der Waals surface area contributed by atoms with E-state index in [0.717, 1.165) is 49.9 Å². The number of hydrogen-bond acceptors (Lipinski definition) is 2. The van der Waals surface area contributed by atoms with Gasteiger partial charge in [0.15, 0.2) is 0 Å². The zero-order valence-corrected chi connectivity index (χ0v) is 29.3. The fourth-order valence-electron chi connectivity index (χ4n) is 8.33. The molecule has 4 heteroatoms.